The molecule has 0 amide bonds. The van der Waals surface area contributed by atoms with Crippen LogP contribution in [0.15, 0.2) is 0 Å². The molecular formula is C2H2OS. The van der Waals surface area contributed by atoms with Crippen LogP contribution >= 0.6 is 12.2 Å². The molecule has 0 aromatic heterocycles. The smallest absolute Gasteiger partial charge is 0.198 e. The Kier molecular flexibility index (Phi) is 0.232. The van der Waals surface area contributed by atoms with Crippen molar-refractivity contribution in [2.45, 2.75) is 0 Å². The molecule has 0 atom stereocenters. The van der Waals surface area contributed by atoms with E-state index in [1.54, 1.807) is 0 Å². The summed E-state index contributed by atoms with van der Waals surface area (Å²) in [6, 6.07) is 0. The van der Waals surface area contributed by atoms with Gasteiger partial charge in [-0.05, 0) is 12.2 Å². The molecule has 0 aromatic carbocycles. The summed E-state index contributed by atoms with van der Waals surface area (Å²) in [4.78, 5) is 0. The van der Waals surface area contributed by atoms with Gasteiger partial charge in [-0.1, -0.05) is 0 Å². The zero-order chi connectivity index (χ0) is 2.99. The van der Waals surface area contributed by atoms with Crippen LogP contribution in [0.2, 0.25) is 0 Å². The van der Waals surface area contributed by atoms with Crippen molar-refractivity contribution >= 4 is 17.3 Å². The maximum atomic E-state index is 4.44. The molecule has 0 N–H and O–H groups in total. The molecule has 1 aliphatic heterocycles. The van der Waals surface area contributed by atoms with Crippen molar-refractivity contribution in [1.29, 1.82) is 0 Å². The fraction of sp³-hybridized carbons (Fsp3) is 0.500. The largest absolute Gasteiger partial charge is 0.475 e. The van der Waals surface area contributed by atoms with Crippen LogP contribution in [0, 0.1) is 0 Å². The van der Waals surface area contributed by atoms with Gasteiger partial charge in [0.25, 0.3) is 0 Å². The predicted octanol–water partition coefficient (Wildman–Crippen LogP) is 0.344. The van der Waals surface area contributed by atoms with Crippen LogP contribution in [-0.4, -0.2) is 11.7 Å². The fourth-order valence-corrected chi connectivity index (χ4v) is 0.0884. The molecular weight excluding hydrogens is 72.1 g/mol. The number of rotatable bonds is 0. The highest BCUT2D eigenvalue weighted by atomic mass is 32.1. The Labute approximate surface area is 29.6 Å². The van der Waals surface area contributed by atoms with E-state index in [-0.39, 0.29) is 0 Å². The van der Waals surface area contributed by atoms with Gasteiger partial charge in [-0.2, -0.15) is 0 Å². The molecule has 4 heavy (non-hydrogen) atoms. The first kappa shape index (κ1) is 2.15. The van der Waals surface area contributed by atoms with E-state index in [1.807, 2.05) is 0 Å². The molecule has 0 aliphatic carbocycles. The van der Waals surface area contributed by atoms with E-state index in [2.05, 4.69) is 17.0 Å². The monoisotopic (exact) mass is 74.0 g/mol. The van der Waals surface area contributed by atoms with Gasteiger partial charge in [0.2, 0.25) is 0 Å². The highest BCUT2D eigenvalue weighted by Crippen LogP contribution is 1.95. The van der Waals surface area contributed by atoms with Crippen LogP contribution in [0.3, 0.4) is 0 Å². The molecule has 1 fully saturated rings. The first-order chi connectivity index (χ1) is 1.89. The summed E-state index contributed by atoms with van der Waals surface area (Å²) >= 11 is 4.43. The Morgan fingerprint density at radius 1 is 2.00 bits per heavy atom. The first-order valence-corrected chi connectivity index (χ1v) is 1.46. The van der Waals surface area contributed by atoms with E-state index in [1.165, 1.54) is 0 Å². The number of hydrogen-bond acceptors (Lipinski definition) is 2. The van der Waals surface area contributed by atoms with E-state index >= 15 is 0 Å². The summed E-state index contributed by atoms with van der Waals surface area (Å²) < 4.78 is 4.44. The van der Waals surface area contributed by atoms with Crippen molar-refractivity contribution < 1.29 is 4.74 Å². The molecule has 1 rings (SSSR count). The molecule has 0 radical (unpaired) electrons. The van der Waals surface area contributed by atoms with Gasteiger partial charge in [0.15, 0.2) is 11.7 Å². The molecule has 0 spiro atoms. The summed E-state index contributed by atoms with van der Waals surface area (Å²) in [5.41, 5.74) is 0. The lowest BCUT2D eigenvalue weighted by Gasteiger charge is -1.36. The second-order valence-electron chi connectivity index (χ2n) is 0.661. The summed E-state index contributed by atoms with van der Waals surface area (Å²) in [5, 5.41) is 0.750. The van der Waals surface area contributed by atoms with Crippen LogP contribution < -0.4 is 0 Å². The molecule has 1 saturated heterocycles. The zero-order valence-electron chi connectivity index (χ0n) is 2.02. The summed E-state index contributed by atoms with van der Waals surface area (Å²) in [6.45, 7) is 0.718. The topological polar surface area (TPSA) is 12.5 Å². The van der Waals surface area contributed by atoms with Crippen molar-refractivity contribution in [3.05, 3.63) is 0 Å². The second kappa shape index (κ2) is 0.432. The van der Waals surface area contributed by atoms with Gasteiger partial charge in [-0.25, -0.2) is 0 Å². The van der Waals surface area contributed by atoms with Crippen LogP contribution in [0.1, 0.15) is 0 Å². The van der Waals surface area contributed by atoms with E-state index in [9.17, 15) is 0 Å². The lowest BCUT2D eigenvalue weighted by molar-refractivity contribution is 0.554. The molecule has 0 aromatic rings. The van der Waals surface area contributed by atoms with Crippen LogP contribution in [-0.2, 0) is 4.74 Å². The highest BCUT2D eigenvalue weighted by molar-refractivity contribution is 7.80. The quantitative estimate of drug-likeness (QED) is 0.303. The van der Waals surface area contributed by atoms with Crippen LogP contribution in [0.25, 0.3) is 0 Å². The number of thiocarbonyl (C=S) groups is 1. The van der Waals surface area contributed by atoms with Crippen LogP contribution in [0.4, 0.5) is 0 Å². The SMILES string of the molecule is S=C1CO1. The molecule has 0 unspecified atom stereocenters. The highest BCUT2D eigenvalue weighted by Gasteiger charge is 2.08. The number of epoxide rings is 1. The number of ether oxygens (including phenoxy) is 1. The Morgan fingerprint density at radius 2 is 2.25 bits per heavy atom. The third-order valence-corrected chi connectivity index (χ3v) is 0.498. The molecule has 0 bridgehead atoms. The van der Waals surface area contributed by atoms with E-state index in [4.69, 9.17) is 0 Å². The average molecular weight is 74.1 g/mol. The Hall–Kier alpha value is -0.110. The van der Waals surface area contributed by atoms with E-state index in [0.717, 1.165) is 11.7 Å². The van der Waals surface area contributed by atoms with Gasteiger partial charge in [-0.15, -0.1) is 0 Å². The first-order valence-electron chi connectivity index (χ1n) is 1.05. The standard InChI is InChI=1S/C2H2OS/c4-2-1-3-2/h1H2. The minimum absolute atomic E-state index is 0.718. The molecule has 0 saturated carbocycles. The van der Waals surface area contributed by atoms with E-state index < -0.39 is 0 Å². The van der Waals surface area contributed by atoms with Gasteiger partial charge in [0.1, 0.15) is 0 Å². The maximum Gasteiger partial charge on any atom is 0.198 e. The third-order valence-electron chi connectivity index (χ3n) is 0.262. The zero-order valence-corrected chi connectivity index (χ0v) is 2.84. The average Bonchev–Trinajstić information content (AvgIpc) is 1.75. The molecule has 22 valence electrons. The van der Waals surface area contributed by atoms with E-state index in [0.29, 0.717) is 0 Å². The second-order valence-corrected chi connectivity index (χ2v) is 1.12. The Bertz CT molecular complexity index is 44.0. The molecule has 1 aliphatic rings. The summed E-state index contributed by atoms with van der Waals surface area (Å²) in [7, 11) is 0. The van der Waals surface area contributed by atoms with Gasteiger partial charge in [-0.3, -0.25) is 0 Å². The van der Waals surface area contributed by atoms with Gasteiger partial charge < -0.3 is 4.74 Å². The lowest BCUT2D eigenvalue weighted by Crippen LogP contribution is -1.41. The van der Waals surface area contributed by atoms with Crippen molar-refractivity contribution in [3.8, 4) is 0 Å². The van der Waals surface area contributed by atoms with Crippen LogP contribution in [0.5, 0.6) is 0 Å². The molecule has 1 heterocycles. The molecule has 2 heteroatoms. The van der Waals surface area contributed by atoms with Crippen molar-refractivity contribution in [2.75, 3.05) is 6.61 Å². The van der Waals surface area contributed by atoms with Crippen molar-refractivity contribution in [3.63, 3.8) is 0 Å². The summed E-state index contributed by atoms with van der Waals surface area (Å²) in [6.07, 6.45) is 0. The minimum Gasteiger partial charge on any atom is -0.475 e. The molecule has 1 nitrogen and oxygen atoms in total. The third kappa shape index (κ3) is 0.179. The summed E-state index contributed by atoms with van der Waals surface area (Å²) in [5.74, 6) is 0. The number of hydrogen-bond donors (Lipinski definition) is 0. The van der Waals surface area contributed by atoms with Crippen molar-refractivity contribution in [1.82, 2.24) is 0 Å². The Balaban J connectivity index is 2.60. The normalized spacial score (nSPS) is 19.5. The lowest BCUT2D eigenvalue weighted by atomic mass is 11.0. The van der Waals surface area contributed by atoms with Gasteiger partial charge in [0, 0.05) is 0 Å². The van der Waals surface area contributed by atoms with Gasteiger partial charge >= 0.3 is 0 Å². The van der Waals surface area contributed by atoms with Crippen molar-refractivity contribution in [2.24, 2.45) is 0 Å². The maximum absolute atomic E-state index is 4.44. The predicted molar refractivity (Wildman–Crippen MR) is 18.5 cm³/mol. The van der Waals surface area contributed by atoms with Gasteiger partial charge in [0.05, 0.1) is 0 Å². The fourth-order valence-electron chi connectivity index (χ4n) is 0.0295. The Morgan fingerprint density at radius 3 is 2.25 bits per heavy atom. The minimum atomic E-state index is 0.718.